The number of hydrogen-bond acceptors (Lipinski definition) is 4. The molecule has 150 valence electrons. The van der Waals surface area contributed by atoms with Crippen molar-refractivity contribution in [2.24, 2.45) is 0 Å². The standard InChI is InChI=1S/C21H25ClN2O3S/c22-17-7-5-16(6-8-17)21(9-12-27-13-10-21)15-24-19(25)4-1-11-23-20(26)18-3-2-14-28-18/h2-3,5-8,14H,1,4,9-13,15H2,(H,23,26)(H,24,25). The number of nitrogens with one attached hydrogen (secondary N) is 2. The van der Waals surface area contributed by atoms with Crippen LogP contribution in [0.25, 0.3) is 0 Å². The summed E-state index contributed by atoms with van der Waals surface area (Å²) in [6.07, 6.45) is 2.73. The molecule has 28 heavy (non-hydrogen) atoms. The Balaban J connectivity index is 1.46. The second kappa shape index (κ2) is 10.0. The first-order valence-electron chi connectivity index (χ1n) is 9.51. The van der Waals surface area contributed by atoms with E-state index in [4.69, 9.17) is 16.3 Å². The van der Waals surface area contributed by atoms with Gasteiger partial charge in [-0.15, -0.1) is 11.3 Å². The second-order valence-corrected chi connectivity index (χ2v) is 8.40. The van der Waals surface area contributed by atoms with Gasteiger partial charge in [-0.1, -0.05) is 29.8 Å². The highest BCUT2D eigenvalue weighted by Crippen LogP contribution is 2.34. The molecule has 1 aliphatic heterocycles. The van der Waals surface area contributed by atoms with Gasteiger partial charge in [-0.25, -0.2) is 0 Å². The third kappa shape index (κ3) is 5.56. The van der Waals surface area contributed by atoms with Crippen LogP contribution in [0.3, 0.4) is 0 Å². The van der Waals surface area contributed by atoms with Gasteiger partial charge in [0.15, 0.2) is 0 Å². The number of benzene rings is 1. The molecule has 1 saturated heterocycles. The third-order valence-corrected chi connectivity index (χ3v) is 6.26. The minimum absolute atomic E-state index is 0.00482. The Labute approximate surface area is 174 Å². The van der Waals surface area contributed by atoms with Gasteiger partial charge in [0, 0.05) is 43.2 Å². The number of halogens is 1. The summed E-state index contributed by atoms with van der Waals surface area (Å²) in [6.45, 7) is 2.44. The fourth-order valence-corrected chi connectivity index (χ4v) is 4.20. The second-order valence-electron chi connectivity index (χ2n) is 7.01. The number of hydrogen-bond donors (Lipinski definition) is 2. The highest BCUT2D eigenvalue weighted by Gasteiger charge is 2.34. The maximum Gasteiger partial charge on any atom is 0.261 e. The first kappa shape index (κ1) is 20.8. The maximum absolute atomic E-state index is 12.3. The molecule has 2 amide bonds. The van der Waals surface area contributed by atoms with Crippen LogP contribution in [-0.2, 0) is 14.9 Å². The van der Waals surface area contributed by atoms with Gasteiger partial charge in [0.2, 0.25) is 5.91 Å². The van der Waals surface area contributed by atoms with E-state index in [9.17, 15) is 9.59 Å². The summed E-state index contributed by atoms with van der Waals surface area (Å²) in [7, 11) is 0. The van der Waals surface area contributed by atoms with Crippen LogP contribution in [0.15, 0.2) is 41.8 Å². The number of carbonyl (C=O) groups excluding carboxylic acids is 2. The Morgan fingerprint density at radius 2 is 1.86 bits per heavy atom. The van der Waals surface area contributed by atoms with Crippen molar-refractivity contribution in [3.8, 4) is 0 Å². The Kier molecular flexibility index (Phi) is 7.48. The first-order valence-corrected chi connectivity index (χ1v) is 10.8. The van der Waals surface area contributed by atoms with E-state index in [-0.39, 0.29) is 17.2 Å². The molecule has 0 unspecified atom stereocenters. The highest BCUT2D eigenvalue weighted by molar-refractivity contribution is 7.12. The quantitative estimate of drug-likeness (QED) is 0.638. The van der Waals surface area contributed by atoms with Crippen LogP contribution in [0.4, 0.5) is 0 Å². The number of amides is 2. The number of ether oxygens (including phenoxy) is 1. The van der Waals surface area contributed by atoms with Crippen LogP contribution in [0.2, 0.25) is 5.02 Å². The normalized spacial score (nSPS) is 15.8. The molecule has 1 aliphatic rings. The Bertz CT molecular complexity index is 771. The van der Waals surface area contributed by atoms with Crippen molar-refractivity contribution >= 4 is 34.8 Å². The molecular weight excluding hydrogens is 396 g/mol. The fourth-order valence-electron chi connectivity index (χ4n) is 3.43. The van der Waals surface area contributed by atoms with Crippen LogP contribution in [0.1, 0.15) is 40.9 Å². The largest absolute Gasteiger partial charge is 0.381 e. The smallest absolute Gasteiger partial charge is 0.261 e. The predicted molar refractivity (Wildman–Crippen MR) is 112 cm³/mol. The minimum atomic E-state index is -0.119. The van der Waals surface area contributed by atoms with Crippen molar-refractivity contribution in [2.75, 3.05) is 26.3 Å². The number of rotatable bonds is 8. The maximum atomic E-state index is 12.3. The molecule has 0 atom stereocenters. The molecule has 1 aromatic carbocycles. The van der Waals surface area contributed by atoms with E-state index in [1.54, 1.807) is 6.07 Å². The Morgan fingerprint density at radius 3 is 2.54 bits per heavy atom. The molecule has 2 N–H and O–H groups in total. The van der Waals surface area contributed by atoms with Crippen LogP contribution in [0.5, 0.6) is 0 Å². The molecule has 2 aromatic rings. The topological polar surface area (TPSA) is 67.4 Å². The van der Waals surface area contributed by atoms with E-state index >= 15 is 0 Å². The zero-order chi connectivity index (χ0) is 19.8. The van der Waals surface area contributed by atoms with Crippen LogP contribution < -0.4 is 10.6 Å². The van der Waals surface area contributed by atoms with E-state index in [0.717, 1.165) is 12.8 Å². The van der Waals surface area contributed by atoms with Gasteiger partial charge in [0.05, 0.1) is 4.88 Å². The van der Waals surface area contributed by atoms with Crippen molar-refractivity contribution < 1.29 is 14.3 Å². The van der Waals surface area contributed by atoms with Gasteiger partial charge in [-0.3, -0.25) is 9.59 Å². The molecule has 0 radical (unpaired) electrons. The van der Waals surface area contributed by atoms with E-state index in [1.165, 1.54) is 16.9 Å². The van der Waals surface area contributed by atoms with Gasteiger partial charge < -0.3 is 15.4 Å². The predicted octanol–water partition coefficient (Wildman–Crippen LogP) is 3.78. The van der Waals surface area contributed by atoms with Crippen molar-refractivity contribution in [3.63, 3.8) is 0 Å². The lowest BCUT2D eigenvalue weighted by atomic mass is 9.74. The van der Waals surface area contributed by atoms with E-state index in [2.05, 4.69) is 10.6 Å². The van der Waals surface area contributed by atoms with Crippen molar-refractivity contribution in [1.29, 1.82) is 0 Å². The van der Waals surface area contributed by atoms with Gasteiger partial charge in [0.1, 0.15) is 0 Å². The molecule has 0 spiro atoms. The van der Waals surface area contributed by atoms with Gasteiger partial charge in [-0.05, 0) is 48.4 Å². The molecule has 1 aromatic heterocycles. The summed E-state index contributed by atoms with van der Waals surface area (Å²) in [5, 5.41) is 8.51. The summed E-state index contributed by atoms with van der Waals surface area (Å²) in [6, 6.07) is 11.5. The zero-order valence-electron chi connectivity index (χ0n) is 15.7. The van der Waals surface area contributed by atoms with Crippen LogP contribution in [0, 0.1) is 0 Å². The summed E-state index contributed by atoms with van der Waals surface area (Å²) >= 11 is 7.43. The fraction of sp³-hybridized carbons (Fsp3) is 0.429. The van der Waals surface area contributed by atoms with E-state index in [0.29, 0.717) is 49.0 Å². The lowest BCUT2D eigenvalue weighted by Gasteiger charge is -2.38. The van der Waals surface area contributed by atoms with Crippen molar-refractivity contribution in [2.45, 2.75) is 31.1 Å². The average Bonchev–Trinajstić information content (AvgIpc) is 3.26. The lowest BCUT2D eigenvalue weighted by molar-refractivity contribution is -0.121. The Hall–Kier alpha value is -1.89. The molecule has 0 bridgehead atoms. The molecule has 2 heterocycles. The van der Waals surface area contributed by atoms with Crippen molar-refractivity contribution in [3.05, 3.63) is 57.2 Å². The van der Waals surface area contributed by atoms with Gasteiger partial charge in [-0.2, -0.15) is 0 Å². The molecule has 3 rings (SSSR count). The molecule has 7 heteroatoms. The summed E-state index contributed by atoms with van der Waals surface area (Å²) in [5.74, 6) is -0.0792. The van der Waals surface area contributed by atoms with Crippen LogP contribution in [-0.4, -0.2) is 38.1 Å². The zero-order valence-corrected chi connectivity index (χ0v) is 17.3. The van der Waals surface area contributed by atoms with Crippen LogP contribution >= 0.6 is 22.9 Å². The van der Waals surface area contributed by atoms with E-state index < -0.39 is 0 Å². The van der Waals surface area contributed by atoms with E-state index in [1.807, 2.05) is 35.7 Å². The molecule has 1 fully saturated rings. The summed E-state index contributed by atoms with van der Waals surface area (Å²) in [4.78, 5) is 24.9. The minimum Gasteiger partial charge on any atom is -0.381 e. The van der Waals surface area contributed by atoms with Gasteiger partial charge >= 0.3 is 0 Å². The SMILES string of the molecule is O=C(CCCNC(=O)c1cccs1)NCC1(c2ccc(Cl)cc2)CCOCC1. The number of thiophene rings is 1. The third-order valence-electron chi connectivity index (χ3n) is 5.14. The molecular formula is C21H25ClN2O3S. The van der Waals surface area contributed by atoms with Crippen molar-refractivity contribution in [1.82, 2.24) is 10.6 Å². The average molecular weight is 421 g/mol. The van der Waals surface area contributed by atoms with Gasteiger partial charge in [0.25, 0.3) is 5.91 Å². The monoisotopic (exact) mass is 420 g/mol. The number of carbonyl (C=O) groups is 2. The molecule has 5 nitrogen and oxygen atoms in total. The summed E-state index contributed by atoms with van der Waals surface area (Å²) in [5.41, 5.74) is 1.06. The first-order chi connectivity index (χ1) is 13.6. The summed E-state index contributed by atoms with van der Waals surface area (Å²) < 4.78 is 5.53. The highest BCUT2D eigenvalue weighted by atomic mass is 35.5. The Morgan fingerprint density at radius 1 is 1.11 bits per heavy atom. The lowest BCUT2D eigenvalue weighted by Crippen LogP contribution is -2.44. The molecule has 0 aliphatic carbocycles. The molecule has 0 saturated carbocycles.